The van der Waals surface area contributed by atoms with Gasteiger partial charge >= 0.3 is 0 Å². The molecule has 1 aliphatic heterocycles. The highest BCUT2D eigenvalue weighted by Crippen LogP contribution is 2.39. The molecule has 0 fully saturated rings. The summed E-state index contributed by atoms with van der Waals surface area (Å²) < 4.78 is 11.3. The molecule has 2 aromatic rings. The van der Waals surface area contributed by atoms with Gasteiger partial charge in [-0.25, -0.2) is 0 Å². The lowest BCUT2D eigenvalue weighted by Gasteiger charge is -2.25. The fourth-order valence-corrected chi connectivity index (χ4v) is 3.58. The molecule has 2 aliphatic rings. The summed E-state index contributed by atoms with van der Waals surface area (Å²) >= 11 is 0. The Labute approximate surface area is 166 Å². The van der Waals surface area contributed by atoms with Crippen LogP contribution in [-0.4, -0.2) is 6.61 Å². The molecular formula is C25H36O2. The van der Waals surface area contributed by atoms with Crippen molar-refractivity contribution in [3.05, 3.63) is 71.2 Å². The SMILES string of the molecule is CC.CC.CCc1cc(C2C=CCC(c3ccc4c(c3)C=CCO4)C2)co1.[HH]. The fourth-order valence-electron chi connectivity index (χ4n) is 3.58. The summed E-state index contributed by atoms with van der Waals surface area (Å²) in [4.78, 5) is 0. The topological polar surface area (TPSA) is 22.4 Å². The molecule has 2 heterocycles. The van der Waals surface area contributed by atoms with Crippen molar-refractivity contribution in [2.24, 2.45) is 0 Å². The molecular weight excluding hydrogens is 332 g/mol. The number of furan rings is 1. The average molecular weight is 369 g/mol. The molecule has 0 amide bonds. The standard InChI is InChI=1S/C21H22O2.2C2H6.H2/c1-2-20-13-19(14-23-20)16-6-3-5-15(11-16)17-8-9-21-18(12-17)7-4-10-22-21;2*1-2;/h3-4,6-9,12-16H,2,5,10-11H2,1H3;2*1-2H3;1H. The molecule has 0 radical (unpaired) electrons. The van der Waals surface area contributed by atoms with Gasteiger partial charge in [-0.15, -0.1) is 0 Å². The van der Waals surface area contributed by atoms with E-state index in [2.05, 4.69) is 55.5 Å². The van der Waals surface area contributed by atoms with Gasteiger partial charge in [0.1, 0.15) is 18.1 Å². The lowest BCUT2D eigenvalue weighted by molar-refractivity contribution is 0.358. The third-order valence-electron chi connectivity index (χ3n) is 4.92. The third-order valence-corrected chi connectivity index (χ3v) is 4.92. The molecule has 0 spiro atoms. The van der Waals surface area contributed by atoms with Crippen LogP contribution in [0.25, 0.3) is 6.08 Å². The predicted molar refractivity (Wildman–Crippen MR) is 118 cm³/mol. The van der Waals surface area contributed by atoms with E-state index in [0.29, 0.717) is 18.4 Å². The zero-order valence-electron chi connectivity index (χ0n) is 17.5. The Hall–Kier alpha value is -2.22. The molecule has 0 saturated carbocycles. The molecule has 2 unspecified atom stereocenters. The van der Waals surface area contributed by atoms with Gasteiger partial charge < -0.3 is 9.15 Å². The molecule has 0 N–H and O–H groups in total. The summed E-state index contributed by atoms with van der Waals surface area (Å²) in [5.41, 5.74) is 3.92. The van der Waals surface area contributed by atoms with Crippen LogP contribution in [0.5, 0.6) is 5.75 Å². The van der Waals surface area contributed by atoms with Crippen molar-refractivity contribution in [1.29, 1.82) is 0 Å². The van der Waals surface area contributed by atoms with Crippen LogP contribution >= 0.6 is 0 Å². The summed E-state index contributed by atoms with van der Waals surface area (Å²) in [6.07, 6.45) is 14.0. The minimum absolute atomic E-state index is 0. The maximum absolute atomic E-state index is 5.66. The minimum Gasteiger partial charge on any atom is -0.489 e. The third kappa shape index (κ3) is 5.15. The van der Waals surface area contributed by atoms with Crippen LogP contribution in [-0.2, 0) is 6.42 Å². The number of benzene rings is 1. The van der Waals surface area contributed by atoms with Gasteiger partial charge in [-0.2, -0.15) is 0 Å². The molecule has 2 heteroatoms. The van der Waals surface area contributed by atoms with Crippen molar-refractivity contribution in [3.8, 4) is 5.75 Å². The highest BCUT2D eigenvalue weighted by molar-refractivity contribution is 5.60. The van der Waals surface area contributed by atoms with Crippen LogP contribution in [0.15, 0.2) is 53.2 Å². The van der Waals surface area contributed by atoms with Gasteiger partial charge in [-0.05, 0) is 54.2 Å². The number of allylic oxidation sites excluding steroid dienone is 2. The first-order chi connectivity index (χ1) is 13.3. The lowest BCUT2D eigenvalue weighted by Crippen LogP contribution is -2.09. The smallest absolute Gasteiger partial charge is 0.127 e. The number of fused-ring (bicyclic) bond motifs is 1. The van der Waals surface area contributed by atoms with Crippen LogP contribution in [0.4, 0.5) is 0 Å². The van der Waals surface area contributed by atoms with Crippen LogP contribution < -0.4 is 4.74 Å². The first kappa shape index (κ1) is 21.1. The van der Waals surface area contributed by atoms with E-state index in [1.807, 2.05) is 34.0 Å². The normalized spacial score (nSPS) is 19.7. The molecule has 0 bridgehead atoms. The molecule has 1 aromatic heterocycles. The second kappa shape index (κ2) is 10.8. The van der Waals surface area contributed by atoms with E-state index in [-0.39, 0.29) is 1.43 Å². The summed E-state index contributed by atoms with van der Waals surface area (Å²) in [6.45, 7) is 10.8. The summed E-state index contributed by atoms with van der Waals surface area (Å²) in [7, 11) is 0. The second-order valence-electron chi connectivity index (χ2n) is 6.41. The Kier molecular flexibility index (Phi) is 8.44. The summed E-state index contributed by atoms with van der Waals surface area (Å²) in [6, 6.07) is 8.85. The monoisotopic (exact) mass is 368 g/mol. The van der Waals surface area contributed by atoms with Gasteiger partial charge in [0.25, 0.3) is 0 Å². The molecule has 2 nitrogen and oxygen atoms in total. The summed E-state index contributed by atoms with van der Waals surface area (Å²) in [5.74, 6) is 3.10. The Morgan fingerprint density at radius 1 is 1.04 bits per heavy atom. The maximum atomic E-state index is 5.66. The van der Waals surface area contributed by atoms with Crippen LogP contribution in [0, 0.1) is 0 Å². The Morgan fingerprint density at radius 2 is 1.85 bits per heavy atom. The van der Waals surface area contributed by atoms with E-state index in [9.17, 15) is 0 Å². The maximum Gasteiger partial charge on any atom is 0.127 e. The lowest BCUT2D eigenvalue weighted by atomic mass is 9.79. The number of hydrogen-bond donors (Lipinski definition) is 0. The van der Waals surface area contributed by atoms with Gasteiger partial charge in [0, 0.05) is 19.3 Å². The highest BCUT2D eigenvalue weighted by atomic mass is 16.5. The van der Waals surface area contributed by atoms with Crippen LogP contribution in [0.3, 0.4) is 0 Å². The quantitative estimate of drug-likeness (QED) is 0.516. The molecule has 1 aromatic carbocycles. The Morgan fingerprint density at radius 3 is 2.59 bits per heavy atom. The van der Waals surface area contributed by atoms with E-state index in [1.165, 1.54) is 16.7 Å². The van der Waals surface area contributed by atoms with Crippen molar-refractivity contribution in [1.82, 2.24) is 0 Å². The molecule has 0 saturated heterocycles. The zero-order chi connectivity index (χ0) is 19.6. The van der Waals surface area contributed by atoms with Gasteiger partial charge in [-0.1, -0.05) is 58.9 Å². The molecule has 4 rings (SSSR count). The molecule has 148 valence electrons. The van der Waals surface area contributed by atoms with Crippen molar-refractivity contribution in [3.63, 3.8) is 0 Å². The van der Waals surface area contributed by atoms with E-state index in [1.54, 1.807) is 0 Å². The highest BCUT2D eigenvalue weighted by Gasteiger charge is 2.23. The second-order valence-corrected chi connectivity index (χ2v) is 6.41. The van der Waals surface area contributed by atoms with Gasteiger partial charge in [0.05, 0.1) is 6.26 Å². The average Bonchev–Trinajstić information content (AvgIpc) is 3.26. The number of aryl methyl sites for hydroxylation is 1. The van der Waals surface area contributed by atoms with E-state index >= 15 is 0 Å². The zero-order valence-corrected chi connectivity index (χ0v) is 17.5. The first-order valence-corrected chi connectivity index (χ1v) is 10.5. The van der Waals surface area contributed by atoms with E-state index in [0.717, 1.165) is 30.8 Å². The van der Waals surface area contributed by atoms with Crippen molar-refractivity contribution >= 4 is 6.08 Å². The Balaban J connectivity index is 0.000000739. The van der Waals surface area contributed by atoms with Gasteiger partial charge in [-0.3, -0.25) is 0 Å². The van der Waals surface area contributed by atoms with Gasteiger partial charge in [0.15, 0.2) is 0 Å². The Bertz CT molecular complexity index is 758. The van der Waals surface area contributed by atoms with Crippen molar-refractivity contribution in [2.45, 2.75) is 65.7 Å². The fraction of sp³-hybridized carbons (Fsp3) is 0.440. The summed E-state index contributed by atoms with van der Waals surface area (Å²) in [5, 5.41) is 0. The van der Waals surface area contributed by atoms with Crippen molar-refractivity contribution < 1.29 is 10.6 Å². The number of rotatable bonds is 3. The number of ether oxygens (including phenoxy) is 1. The van der Waals surface area contributed by atoms with Crippen molar-refractivity contribution in [2.75, 3.05) is 6.61 Å². The van der Waals surface area contributed by atoms with Gasteiger partial charge in [0.2, 0.25) is 0 Å². The van der Waals surface area contributed by atoms with E-state index < -0.39 is 0 Å². The first-order valence-electron chi connectivity index (χ1n) is 10.5. The molecule has 1 aliphatic carbocycles. The number of hydrogen-bond acceptors (Lipinski definition) is 2. The molecule has 2 atom stereocenters. The van der Waals surface area contributed by atoms with Crippen LogP contribution in [0.2, 0.25) is 0 Å². The minimum atomic E-state index is 0. The molecule has 27 heavy (non-hydrogen) atoms. The van der Waals surface area contributed by atoms with Crippen LogP contribution in [0.1, 0.15) is 83.2 Å². The predicted octanol–water partition coefficient (Wildman–Crippen LogP) is 7.76. The van der Waals surface area contributed by atoms with E-state index in [4.69, 9.17) is 9.15 Å². The largest absolute Gasteiger partial charge is 0.489 e.